The zero-order chi connectivity index (χ0) is 8.28. The van der Waals surface area contributed by atoms with Crippen molar-refractivity contribution in [2.24, 2.45) is 5.73 Å². The van der Waals surface area contributed by atoms with Gasteiger partial charge in [-0.3, -0.25) is 0 Å². The van der Waals surface area contributed by atoms with Crippen LogP contribution in [0, 0.1) is 0 Å². The predicted molar refractivity (Wildman–Crippen MR) is 37.1 cm³/mol. The highest BCUT2D eigenvalue weighted by Crippen LogP contribution is 2.53. The Bertz CT molecular complexity index is 214. The molecule has 1 aliphatic carbocycles. The van der Waals surface area contributed by atoms with E-state index in [0.29, 0.717) is 12.8 Å². The standard InChI is InChI=1S/C7H11NO3/c1-4-6(8)2-7(3-6,11-4)5(9)10/h4H,2-3,8H2,1H3,(H,9,10). The predicted octanol–water partition coefficient (Wildman–Crippen LogP) is -0.280. The molecule has 1 saturated carbocycles. The lowest BCUT2D eigenvalue weighted by Crippen LogP contribution is -2.59. The molecule has 3 fully saturated rings. The van der Waals surface area contributed by atoms with Gasteiger partial charge in [-0.05, 0) is 6.92 Å². The van der Waals surface area contributed by atoms with E-state index in [1.807, 2.05) is 6.92 Å². The van der Waals surface area contributed by atoms with Crippen molar-refractivity contribution >= 4 is 5.97 Å². The normalized spacial score (nSPS) is 53.8. The third-order valence-corrected chi connectivity index (χ3v) is 2.83. The lowest BCUT2D eigenvalue weighted by atomic mass is 9.67. The second-order valence-electron chi connectivity index (χ2n) is 3.65. The van der Waals surface area contributed by atoms with Crippen molar-refractivity contribution in [2.75, 3.05) is 0 Å². The Morgan fingerprint density at radius 1 is 1.73 bits per heavy atom. The molecule has 2 bridgehead atoms. The molecule has 3 aliphatic rings. The molecule has 0 aromatic carbocycles. The average Bonchev–Trinajstić information content (AvgIpc) is 2.16. The van der Waals surface area contributed by atoms with Crippen molar-refractivity contribution in [3.05, 3.63) is 0 Å². The first-order valence-electron chi connectivity index (χ1n) is 3.69. The van der Waals surface area contributed by atoms with E-state index >= 15 is 0 Å². The van der Waals surface area contributed by atoms with Crippen LogP contribution in [0.1, 0.15) is 19.8 Å². The molecule has 1 unspecified atom stereocenters. The number of nitrogens with two attached hydrogens (primary N) is 1. The third-order valence-electron chi connectivity index (χ3n) is 2.83. The molecule has 4 nitrogen and oxygen atoms in total. The van der Waals surface area contributed by atoms with Gasteiger partial charge in [-0.1, -0.05) is 0 Å². The molecule has 0 radical (unpaired) electrons. The van der Waals surface area contributed by atoms with Crippen molar-refractivity contribution in [2.45, 2.75) is 37.0 Å². The highest BCUT2D eigenvalue weighted by molar-refractivity contribution is 5.80. The van der Waals surface area contributed by atoms with Gasteiger partial charge in [-0.15, -0.1) is 0 Å². The van der Waals surface area contributed by atoms with Crippen molar-refractivity contribution in [3.8, 4) is 0 Å². The molecule has 2 saturated heterocycles. The molecular formula is C7H11NO3. The summed E-state index contributed by atoms with van der Waals surface area (Å²) in [5.41, 5.74) is 4.52. The fraction of sp³-hybridized carbons (Fsp3) is 0.857. The molecule has 2 aliphatic heterocycles. The zero-order valence-corrected chi connectivity index (χ0v) is 6.33. The van der Waals surface area contributed by atoms with E-state index in [9.17, 15) is 4.79 Å². The van der Waals surface area contributed by atoms with Crippen LogP contribution in [0.2, 0.25) is 0 Å². The molecule has 0 spiro atoms. The maximum absolute atomic E-state index is 10.7. The average molecular weight is 157 g/mol. The van der Waals surface area contributed by atoms with Crippen molar-refractivity contribution in [3.63, 3.8) is 0 Å². The Labute approximate surface area is 64.3 Å². The zero-order valence-electron chi connectivity index (χ0n) is 6.33. The summed E-state index contributed by atoms with van der Waals surface area (Å²) in [5, 5.41) is 8.76. The number of hydrogen-bond acceptors (Lipinski definition) is 3. The first kappa shape index (κ1) is 7.06. The van der Waals surface area contributed by atoms with Crippen molar-refractivity contribution in [1.29, 1.82) is 0 Å². The van der Waals surface area contributed by atoms with Gasteiger partial charge in [0.05, 0.1) is 6.10 Å². The van der Waals surface area contributed by atoms with Crippen LogP contribution in [-0.4, -0.2) is 28.3 Å². The monoisotopic (exact) mass is 157 g/mol. The van der Waals surface area contributed by atoms with Crippen LogP contribution in [-0.2, 0) is 9.53 Å². The van der Waals surface area contributed by atoms with E-state index in [1.54, 1.807) is 0 Å². The van der Waals surface area contributed by atoms with Gasteiger partial charge in [0.25, 0.3) is 0 Å². The summed E-state index contributed by atoms with van der Waals surface area (Å²) in [6.45, 7) is 1.83. The highest BCUT2D eigenvalue weighted by Gasteiger charge is 2.68. The number of carboxylic acids is 1. The molecule has 11 heavy (non-hydrogen) atoms. The van der Waals surface area contributed by atoms with Crippen LogP contribution in [0.5, 0.6) is 0 Å². The smallest absolute Gasteiger partial charge is 0.336 e. The summed E-state index contributed by atoms with van der Waals surface area (Å²) < 4.78 is 5.26. The summed E-state index contributed by atoms with van der Waals surface area (Å²) >= 11 is 0. The molecule has 62 valence electrons. The van der Waals surface area contributed by atoms with E-state index in [1.165, 1.54) is 0 Å². The number of rotatable bonds is 1. The van der Waals surface area contributed by atoms with E-state index in [4.69, 9.17) is 15.6 Å². The maximum atomic E-state index is 10.7. The largest absolute Gasteiger partial charge is 0.479 e. The van der Waals surface area contributed by atoms with Gasteiger partial charge >= 0.3 is 5.97 Å². The minimum atomic E-state index is -0.936. The Morgan fingerprint density at radius 3 is 2.45 bits per heavy atom. The molecular weight excluding hydrogens is 146 g/mol. The van der Waals surface area contributed by atoms with Crippen LogP contribution in [0.3, 0.4) is 0 Å². The lowest BCUT2D eigenvalue weighted by Gasteiger charge is -2.39. The summed E-state index contributed by atoms with van der Waals surface area (Å²) in [5.74, 6) is -0.872. The van der Waals surface area contributed by atoms with Crippen LogP contribution < -0.4 is 5.73 Å². The molecule has 0 aromatic rings. The number of carbonyl (C=O) groups is 1. The highest BCUT2D eigenvalue weighted by atomic mass is 16.6. The molecule has 0 amide bonds. The van der Waals surface area contributed by atoms with Crippen molar-refractivity contribution in [1.82, 2.24) is 0 Å². The molecule has 1 atom stereocenters. The molecule has 3 rings (SSSR count). The minimum absolute atomic E-state index is 0.112. The Hall–Kier alpha value is -0.610. The summed E-state index contributed by atoms with van der Waals surface area (Å²) in [7, 11) is 0. The second kappa shape index (κ2) is 1.59. The van der Waals surface area contributed by atoms with E-state index in [0.717, 1.165) is 0 Å². The van der Waals surface area contributed by atoms with Gasteiger partial charge in [0.2, 0.25) is 0 Å². The fourth-order valence-electron chi connectivity index (χ4n) is 2.04. The third kappa shape index (κ3) is 0.636. The van der Waals surface area contributed by atoms with E-state index < -0.39 is 11.6 Å². The van der Waals surface area contributed by atoms with E-state index in [-0.39, 0.29) is 11.6 Å². The first-order chi connectivity index (χ1) is 4.99. The number of ether oxygens (including phenoxy) is 1. The van der Waals surface area contributed by atoms with Gasteiger partial charge in [0.15, 0.2) is 5.60 Å². The summed E-state index contributed by atoms with van der Waals surface area (Å²) in [4.78, 5) is 10.7. The molecule has 3 N–H and O–H groups in total. The number of hydrogen-bond donors (Lipinski definition) is 2. The Kier molecular flexibility index (Phi) is 1.02. The maximum Gasteiger partial charge on any atom is 0.336 e. The lowest BCUT2D eigenvalue weighted by molar-refractivity contribution is -0.164. The second-order valence-corrected chi connectivity index (χ2v) is 3.65. The number of carboxylic acid groups (broad SMARTS) is 1. The quantitative estimate of drug-likeness (QED) is 0.549. The van der Waals surface area contributed by atoms with Gasteiger partial charge in [0, 0.05) is 18.4 Å². The van der Waals surface area contributed by atoms with Gasteiger partial charge in [-0.2, -0.15) is 0 Å². The van der Waals surface area contributed by atoms with Crippen LogP contribution in [0.15, 0.2) is 0 Å². The molecule has 4 heteroatoms. The fourth-order valence-corrected chi connectivity index (χ4v) is 2.04. The SMILES string of the molecule is CC1OC2(C(=O)O)CC1(N)C2. The van der Waals surface area contributed by atoms with Crippen molar-refractivity contribution < 1.29 is 14.6 Å². The van der Waals surface area contributed by atoms with Gasteiger partial charge in [-0.25, -0.2) is 4.79 Å². The Balaban J connectivity index is 2.24. The Morgan fingerprint density at radius 2 is 2.27 bits per heavy atom. The van der Waals surface area contributed by atoms with Gasteiger partial charge in [0.1, 0.15) is 0 Å². The first-order valence-corrected chi connectivity index (χ1v) is 3.69. The topological polar surface area (TPSA) is 72.5 Å². The summed E-state index contributed by atoms with van der Waals surface area (Å²) in [6.07, 6.45) is 0.825. The van der Waals surface area contributed by atoms with Gasteiger partial charge < -0.3 is 15.6 Å². The molecule has 2 heterocycles. The molecule has 0 aromatic heterocycles. The van der Waals surface area contributed by atoms with E-state index in [2.05, 4.69) is 0 Å². The van der Waals surface area contributed by atoms with Crippen LogP contribution in [0.25, 0.3) is 0 Å². The minimum Gasteiger partial charge on any atom is -0.479 e. The number of fused-ring (bicyclic) bond motifs is 1. The number of aliphatic carboxylic acids is 1. The van der Waals surface area contributed by atoms with Crippen LogP contribution in [0.4, 0.5) is 0 Å². The summed E-state index contributed by atoms with van der Waals surface area (Å²) in [6, 6.07) is 0. The van der Waals surface area contributed by atoms with Crippen LogP contribution >= 0.6 is 0 Å².